The summed E-state index contributed by atoms with van der Waals surface area (Å²) in [6.07, 6.45) is 2.61. The highest BCUT2D eigenvalue weighted by Crippen LogP contribution is 2.25. The lowest BCUT2D eigenvalue weighted by atomic mass is 9.95. The molecule has 0 spiro atoms. The molecule has 0 bridgehead atoms. The largest absolute Gasteiger partial charge is 0.480 e. The maximum absolute atomic E-state index is 12.8. The summed E-state index contributed by atoms with van der Waals surface area (Å²) in [6, 6.07) is 15.9. The summed E-state index contributed by atoms with van der Waals surface area (Å²) < 4.78 is 5.10. The van der Waals surface area contributed by atoms with Crippen molar-refractivity contribution in [3.8, 4) is 0 Å². The number of carbonyl (C=O) groups excluding carboxylic acids is 2. The summed E-state index contributed by atoms with van der Waals surface area (Å²) in [5.74, 6) is -0.904. The summed E-state index contributed by atoms with van der Waals surface area (Å²) in [6.45, 7) is 2.92. The van der Waals surface area contributed by atoms with Gasteiger partial charge in [0.2, 0.25) is 5.91 Å². The first-order valence-corrected chi connectivity index (χ1v) is 13.4. The second-order valence-electron chi connectivity index (χ2n) is 9.64. The van der Waals surface area contributed by atoms with E-state index in [2.05, 4.69) is 37.2 Å². The molecule has 2 aliphatic heterocycles. The zero-order chi connectivity index (χ0) is 27.5. The topological polar surface area (TPSA) is 144 Å². The number of aliphatic imine (C=N–C) groups is 1. The fourth-order valence-electron chi connectivity index (χ4n) is 4.55. The standard InChI is InChI=1S/C28H36N6O5/c35-25(31-18-24(26(36)37)33-28(38)39-19-20-7-2-1-3-8-20)21-11-15-34(16-12-21)23-10-6-9-22(17-23)32-27-29-13-4-5-14-30-27/h1-3,6-10,17,21,24H,4-5,11-16,18-19H2,(H,31,35)(H,33,38)(H,36,37)(H2,29,30,32)/t24-/m0/s1. The van der Waals surface area contributed by atoms with Crippen LogP contribution in [0.1, 0.15) is 31.2 Å². The molecule has 0 aromatic heterocycles. The number of guanidine groups is 1. The van der Waals surface area contributed by atoms with Gasteiger partial charge in [-0.2, -0.15) is 0 Å². The Labute approximate surface area is 228 Å². The minimum absolute atomic E-state index is 0.0224. The second kappa shape index (κ2) is 14.0. The molecule has 11 nitrogen and oxygen atoms in total. The van der Waals surface area contributed by atoms with Crippen LogP contribution in [0.15, 0.2) is 59.6 Å². The molecule has 11 heteroatoms. The lowest BCUT2D eigenvalue weighted by Gasteiger charge is -2.33. The van der Waals surface area contributed by atoms with Gasteiger partial charge in [-0.1, -0.05) is 36.4 Å². The fraction of sp³-hybridized carbons (Fsp3) is 0.429. The van der Waals surface area contributed by atoms with E-state index in [1.807, 2.05) is 36.4 Å². The molecule has 0 radical (unpaired) electrons. The maximum Gasteiger partial charge on any atom is 0.408 e. The van der Waals surface area contributed by atoms with Crippen LogP contribution in [0.5, 0.6) is 0 Å². The molecule has 2 heterocycles. The number of anilines is 2. The number of piperidine rings is 1. The summed E-state index contributed by atoms with van der Waals surface area (Å²) in [5, 5.41) is 21.2. The van der Waals surface area contributed by atoms with Crippen molar-refractivity contribution in [3.05, 3.63) is 60.2 Å². The molecular formula is C28H36N6O5. The Balaban J connectivity index is 1.21. The van der Waals surface area contributed by atoms with E-state index >= 15 is 0 Å². The van der Waals surface area contributed by atoms with Crippen LogP contribution in [-0.4, -0.2) is 67.8 Å². The highest BCUT2D eigenvalue weighted by atomic mass is 16.5. The molecular weight excluding hydrogens is 500 g/mol. The van der Waals surface area contributed by atoms with Gasteiger partial charge < -0.3 is 36.0 Å². The summed E-state index contributed by atoms with van der Waals surface area (Å²) in [4.78, 5) is 43.2. The molecule has 2 aromatic rings. The number of nitrogens with zero attached hydrogens (tertiary/aromatic N) is 2. The number of nitrogens with one attached hydrogen (secondary N) is 4. The molecule has 2 amide bonds. The van der Waals surface area contributed by atoms with Crippen LogP contribution in [0.2, 0.25) is 0 Å². The number of carboxylic acid groups (broad SMARTS) is 1. The minimum Gasteiger partial charge on any atom is -0.480 e. The quantitative estimate of drug-likeness (QED) is 0.329. The van der Waals surface area contributed by atoms with Crippen LogP contribution in [0.4, 0.5) is 16.2 Å². The Morgan fingerprint density at radius 1 is 1.08 bits per heavy atom. The Morgan fingerprint density at radius 3 is 2.64 bits per heavy atom. The molecule has 2 aromatic carbocycles. The van der Waals surface area contributed by atoms with E-state index in [0.29, 0.717) is 25.9 Å². The minimum atomic E-state index is -1.29. The van der Waals surface area contributed by atoms with Crippen molar-refractivity contribution in [2.24, 2.45) is 10.9 Å². The van der Waals surface area contributed by atoms with Gasteiger partial charge in [0.1, 0.15) is 12.6 Å². The van der Waals surface area contributed by atoms with Gasteiger partial charge in [0.05, 0.1) is 0 Å². The van der Waals surface area contributed by atoms with Crippen molar-refractivity contribution in [1.29, 1.82) is 0 Å². The Morgan fingerprint density at radius 2 is 1.87 bits per heavy atom. The second-order valence-corrected chi connectivity index (χ2v) is 9.64. The summed E-state index contributed by atoms with van der Waals surface area (Å²) in [7, 11) is 0. The third-order valence-electron chi connectivity index (χ3n) is 6.77. The van der Waals surface area contributed by atoms with Crippen LogP contribution in [0, 0.1) is 5.92 Å². The molecule has 1 fully saturated rings. The number of carboxylic acids is 1. The third-order valence-corrected chi connectivity index (χ3v) is 6.77. The van der Waals surface area contributed by atoms with Crippen molar-refractivity contribution in [1.82, 2.24) is 16.0 Å². The first-order valence-electron chi connectivity index (χ1n) is 13.4. The number of alkyl carbamates (subject to hydrolysis) is 1. The van der Waals surface area contributed by atoms with E-state index in [1.54, 1.807) is 12.1 Å². The van der Waals surface area contributed by atoms with E-state index in [0.717, 1.165) is 48.8 Å². The van der Waals surface area contributed by atoms with Gasteiger partial charge in [0, 0.05) is 50.0 Å². The number of ether oxygens (including phenoxy) is 1. The van der Waals surface area contributed by atoms with Crippen molar-refractivity contribution in [2.45, 2.75) is 38.3 Å². The van der Waals surface area contributed by atoms with E-state index in [1.165, 1.54) is 0 Å². The van der Waals surface area contributed by atoms with Crippen LogP contribution in [-0.2, 0) is 20.9 Å². The number of rotatable bonds is 9. The van der Waals surface area contributed by atoms with Crippen molar-refractivity contribution in [2.75, 3.05) is 42.9 Å². The maximum atomic E-state index is 12.8. The monoisotopic (exact) mass is 536 g/mol. The fourth-order valence-corrected chi connectivity index (χ4v) is 4.55. The molecule has 4 rings (SSSR count). The van der Waals surface area contributed by atoms with Gasteiger partial charge in [0.25, 0.3) is 0 Å². The lowest BCUT2D eigenvalue weighted by molar-refractivity contribution is -0.139. The Kier molecular flexibility index (Phi) is 9.98. The number of benzene rings is 2. The van der Waals surface area contributed by atoms with Gasteiger partial charge >= 0.3 is 12.1 Å². The lowest BCUT2D eigenvalue weighted by Crippen LogP contribution is -2.50. The van der Waals surface area contributed by atoms with Crippen molar-refractivity contribution >= 4 is 35.3 Å². The van der Waals surface area contributed by atoms with E-state index in [9.17, 15) is 19.5 Å². The smallest absolute Gasteiger partial charge is 0.408 e. The van der Waals surface area contributed by atoms with Crippen molar-refractivity contribution < 1.29 is 24.2 Å². The molecule has 2 aliphatic rings. The first-order chi connectivity index (χ1) is 19.0. The predicted molar refractivity (Wildman–Crippen MR) is 149 cm³/mol. The summed E-state index contributed by atoms with van der Waals surface area (Å²) in [5.41, 5.74) is 2.81. The number of hydrogen-bond donors (Lipinski definition) is 5. The van der Waals surface area contributed by atoms with Crippen LogP contribution >= 0.6 is 0 Å². The molecule has 39 heavy (non-hydrogen) atoms. The Bertz CT molecular complexity index is 1150. The highest BCUT2D eigenvalue weighted by molar-refractivity contribution is 5.94. The summed E-state index contributed by atoms with van der Waals surface area (Å²) >= 11 is 0. The molecule has 0 aliphatic carbocycles. The normalized spacial score (nSPS) is 16.6. The van der Waals surface area contributed by atoms with Gasteiger partial charge in [0.15, 0.2) is 5.96 Å². The zero-order valence-corrected chi connectivity index (χ0v) is 21.9. The van der Waals surface area contributed by atoms with Gasteiger partial charge in [-0.15, -0.1) is 0 Å². The molecule has 0 saturated carbocycles. The number of hydrogen-bond acceptors (Lipinski definition) is 8. The van der Waals surface area contributed by atoms with Crippen LogP contribution < -0.4 is 26.2 Å². The highest BCUT2D eigenvalue weighted by Gasteiger charge is 2.27. The van der Waals surface area contributed by atoms with Gasteiger partial charge in [-0.05, 0) is 49.4 Å². The average molecular weight is 537 g/mol. The van der Waals surface area contributed by atoms with Gasteiger partial charge in [-0.25, -0.2) is 9.59 Å². The molecule has 208 valence electrons. The predicted octanol–water partition coefficient (Wildman–Crippen LogP) is 2.55. The van der Waals surface area contributed by atoms with Crippen LogP contribution in [0.25, 0.3) is 0 Å². The molecule has 1 atom stereocenters. The zero-order valence-electron chi connectivity index (χ0n) is 21.9. The number of carbonyl (C=O) groups is 3. The van der Waals surface area contributed by atoms with Crippen molar-refractivity contribution in [3.63, 3.8) is 0 Å². The number of amides is 2. The Hall–Kier alpha value is -4.28. The molecule has 5 N–H and O–H groups in total. The average Bonchev–Trinajstić information content (AvgIpc) is 3.23. The first kappa shape index (κ1) is 27.7. The van der Waals surface area contributed by atoms with Crippen LogP contribution in [0.3, 0.4) is 0 Å². The third kappa shape index (κ3) is 8.62. The SMILES string of the molecule is O=C(N[C@@H](CNC(=O)C1CCN(c2cccc(NC3=NCCCCN3)c2)CC1)C(=O)O)OCc1ccccc1. The van der Waals surface area contributed by atoms with E-state index in [-0.39, 0.29) is 25.0 Å². The molecule has 1 saturated heterocycles. The van der Waals surface area contributed by atoms with Gasteiger partial charge in [-0.3, -0.25) is 9.79 Å². The van der Waals surface area contributed by atoms with E-state index < -0.39 is 18.1 Å². The molecule has 0 unspecified atom stereocenters. The number of aliphatic carboxylic acids is 1. The van der Waals surface area contributed by atoms with E-state index in [4.69, 9.17) is 4.74 Å².